The van der Waals surface area contributed by atoms with Gasteiger partial charge in [0.25, 0.3) is 0 Å². The Balaban J connectivity index is 1.60. The van der Waals surface area contributed by atoms with Gasteiger partial charge < -0.3 is 15.0 Å². The molecule has 1 unspecified atom stereocenters. The van der Waals surface area contributed by atoms with E-state index in [1.54, 1.807) is 0 Å². The van der Waals surface area contributed by atoms with E-state index >= 15 is 0 Å². The van der Waals surface area contributed by atoms with Gasteiger partial charge in [-0.2, -0.15) is 0 Å². The fraction of sp³-hybridized carbons (Fsp3) is 0.647. The van der Waals surface area contributed by atoms with Crippen LogP contribution in [0.25, 0.3) is 0 Å². The summed E-state index contributed by atoms with van der Waals surface area (Å²) in [7, 11) is 1.83. The van der Waals surface area contributed by atoms with Gasteiger partial charge in [0, 0.05) is 37.5 Å². The van der Waals surface area contributed by atoms with E-state index in [2.05, 4.69) is 40.5 Å². The van der Waals surface area contributed by atoms with Gasteiger partial charge in [0.1, 0.15) is 0 Å². The lowest BCUT2D eigenvalue weighted by molar-refractivity contribution is 0.105. The maximum atomic E-state index is 5.47. The Hall–Kier alpha value is -1.06. The van der Waals surface area contributed by atoms with E-state index in [4.69, 9.17) is 4.74 Å². The second-order valence-corrected chi connectivity index (χ2v) is 6.33. The first kappa shape index (κ1) is 13.9. The number of benzene rings is 1. The Kier molecular flexibility index (Phi) is 4.27. The Bertz CT molecular complexity index is 414. The minimum absolute atomic E-state index is 0.242. The standard InChI is InChI=1S/C17H26N2O/c1-20-14-17(10-5-6-11-17)18-15-9-12-19(13-15)16-7-3-2-4-8-16/h2-4,7-8,15,18H,5-6,9-14H2,1H3. The van der Waals surface area contributed by atoms with E-state index < -0.39 is 0 Å². The average Bonchev–Trinajstić information content (AvgIpc) is 3.11. The van der Waals surface area contributed by atoms with Crippen LogP contribution in [-0.2, 0) is 4.74 Å². The molecular weight excluding hydrogens is 248 g/mol. The van der Waals surface area contributed by atoms with E-state index in [1.165, 1.54) is 37.8 Å². The molecule has 0 amide bonds. The van der Waals surface area contributed by atoms with Gasteiger partial charge >= 0.3 is 0 Å². The predicted octanol–water partition coefficient (Wildman–Crippen LogP) is 2.81. The molecule has 110 valence electrons. The molecule has 3 nitrogen and oxygen atoms in total. The van der Waals surface area contributed by atoms with Crippen molar-refractivity contribution in [3.8, 4) is 0 Å². The SMILES string of the molecule is COCC1(NC2CCN(c3ccccc3)C2)CCCC1. The van der Waals surface area contributed by atoms with Crippen LogP contribution in [0.2, 0.25) is 0 Å². The quantitative estimate of drug-likeness (QED) is 0.893. The summed E-state index contributed by atoms with van der Waals surface area (Å²) in [6.07, 6.45) is 6.45. The summed E-state index contributed by atoms with van der Waals surface area (Å²) in [5.74, 6) is 0. The van der Waals surface area contributed by atoms with Crippen LogP contribution in [0.4, 0.5) is 5.69 Å². The highest BCUT2D eigenvalue weighted by molar-refractivity contribution is 5.47. The topological polar surface area (TPSA) is 24.5 Å². The van der Waals surface area contributed by atoms with Crippen LogP contribution < -0.4 is 10.2 Å². The lowest BCUT2D eigenvalue weighted by Gasteiger charge is -2.33. The number of para-hydroxylation sites is 1. The molecule has 1 N–H and O–H groups in total. The molecule has 1 saturated heterocycles. The molecule has 2 fully saturated rings. The highest BCUT2D eigenvalue weighted by Crippen LogP contribution is 2.32. The molecular formula is C17H26N2O. The Morgan fingerprint density at radius 3 is 2.70 bits per heavy atom. The number of rotatable bonds is 5. The van der Waals surface area contributed by atoms with Crippen molar-refractivity contribution in [3.05, 3.63) is 30.3 Å². The van der Waals surface area contributed by atoms with E-state index in [0.29, 0.717) is 6.04 Å². The van der Waals surface area contributed by atoms with Crippen molar-refractivity contribution in [1.82, 2.24) is 5.32 Å². The number of nitrogens with one attached hydrogen (secondary N) is 1. The van der Waals surface area contributed by atoms with Gasteiger partial charge in [-0.15, -0.1) is 0 Å². The van der Waals surface area contributed by atoms with Gasteiger partial charge in [0.05, 0.1) is 6.61 Å². The van der Waals surface area contributed by atoms with Crippen molar-refractivity contribution < 1.29 is 4.74 Å². The Morgan fingerprint density at radius 2 is 2.00 bits per heavy atom. The number of anilines is 1. The normalized spacial score (nSPS) is 25.2. The summed E-state index contributed by atoms with van der Waals surface area (Å²) in [6, 6.07) is 11.4. The number of ether oxygens (including phenoxy) is 1. The molecule has 1 aliphatic heterocycles. The fourth-order valence-electron chi connectivity index (χ4n) is 3.84. The summed E-state index contributed by atoms with van der Waals surface area (Å²) >= 11 is 0. The smallest absolute Gasteiger partial charge is 0.0644 e. The number of hydrogen-bond acceptors (Lipinski definition) is 3. The molecule has 20 heavy (non-hydrogen) atoms. The number of nitrogens with zero attached hydrogens (tertiary/aromatic N) is 1. The van der Waals surface area contributed by atoms with Crippen molar-refractivity contribution >= 4 is 5.69 Å². The largest absolute Gasteiger partial charge is 0.383 e. The first-order valence-corrected chi connectivity index (χ1v) is 7.88. The van der Waals surface area contributed by atoms with Gasteiger partial charge in [0.2, 0.25) is 0 Å². The second kappa shape index (κ2) is 6.15. The number of methoxy groups -OCH3 is 1. The third kappa shape index (κ3) is 2.99. The van der Waals surface area contributed by atoms with Crippen LogP contribution in [0, 0.1) is 0 Å². The molecule has 1 saturated carbocycles. The van der Waals surface area contributed by atoms with E-state index in [9.17, 15) is 0 Å². The zero-order chi connectivity index (χ0) is 13.8. The van der Waals surface area contributed by atoms with E-state index in [0.717, 1.165) is 19.7 Å². The zero-order valence-electron chi connectivity index (χ0n) is 12.5. The predicted molar refractivity (Wildman–Crippen MR) is 83.3 cm³/mol. The maximum absolute atomic E-state index is 5.47. The minimum Gasteiger partial charge on any atom is -0.383 e. The van der Waals surface area contributed by atoms with Crippen molar-refractivity contribution in [2.45, 2.75) is 43.7 Å². The van der Waals surface area contributed by atoms with Crippen LogP contribution in [0.15, 0.2) is 30.3 Å². The molecule has 0 aromatic heterocycles. The third-order valence-electron chi connectivity index (χ3n) is 4.80. The van der Waals surface area contributed by atoms with Crippen LogP contribution in [0.5, 0.6) is 0 Å². The highest BCUT2D eigenvalue weighted by atomic mass is 16.5. The zero-order valence-corrected chi connectivity index (χ0v) is 12.5. The van der Waals surface area contributed by atoms with Crippen molar-refractivity contribution in [1.29, 1.82) is 0 Å². The molecule has 1 atom stereocenters. The van der Waals surface area contributed by atoms with E-state index in [-0.39, 0.29) is 5.54 Å². The maximum Gasteiger partial charge on any atom is 0.0644 e. The summed E-state index contributed by atoms with van der Waals surface area (Å²) in [6.45, 7) is 3.13. The van der Waals surface area contributed by atoms with Gasteiger partial charge in [-0.3, -0.25) is 0 Å². The molecule has 3 rings (SSSR count). The first-order chi connectivity index (χ1) is 9.81. The summed E-state index contributed by atoms with van der Waals surface area (Å²) in [4.78, 5) is 2.49. The van der Waals surface area contributed by atoms with Crippen LogP contribution in [-0.4, -0.2) is 38.4 Å². The lowest BCUT2D eigenvalue weighted by atomic mass is 9.97. The molecule has 1 aliphatic carbocycles. The Morgan fingerprint density at radius 1 is 1.25 bits per heavy atom. The summed E-state index contributed by atoms with van der Waals surface area (Å²) in [5, 5.41) is 3.93. The monoisotopic (exact) mass is 274 g/mol. The molecule has 2 aliphatic rings. The van der Waals surface area contributed by atoms with E-state index in [1.807, 2.05) is 7.11 Å². The van der Waals surface area contributed by atoms with Crippen molar-refractivity contribution in [3.63, 3.8) is 0 Å². The molecule has 0 spiro atoms. The summed E-state index contributed by atoms with van der Waals surface area (Å²) < 4.78 is 5.47. The van der Waals surface area contributed by atoms with Crippen LogP contribution >= 0.6 is 0 Å². The second-order valence-electron chi connectivity index (χ2n) is 6.33. The first-order valence-electron chi connectivity index (χ1n) is 7.88. The molecule has 3 heteroatoms. The van der Waals surface area contributed by atoms with Gasteiger partial charge in [-0.1, -0.05) is 31.0 Å². The lowest BCUT2D eigenvalue weighted by Crippen LogP contribution is -2.52. The van der Waals surface area contributed by atoms with Gasteiger partial charge in [-0.05, 0) is 31.4 Å². The summed E-state index contributed by atoms with van der Waals surface area (Å²) in [5.41, 5.74) is 1.59. The van der Waals surface area contributed by atoms with Crippen molar-refractivity contribution in [2.24, 2.45) is 0 Å². The Labute approximate surface area is 122 Å². The van der Waals surface area contributed by atoms with Gasteiger partial charge in [-0.25, -0.2) is 0 Å². The van der Waals surface area contributed by atoms with Crippen LogP contribution in [0.1, 0.15) is 32.1 Å². The van der Waals surface area contributed by atoms with Crippen molar-refractivity contribution in [2.75, 3.05) is 31.7 Å². The van der Waals surface area contributed by atoms with Gasteiger partial charge in [0.15, 0.2) is 0 Å². The molecule has 1 heterocycles. The molecule has 1 aromatic rings. The van der Waals surface area contributed by atoms with Crippen LogP contribution in [0.3, 0.4) is 0 Å². The molecule has 1 aromatic carbocycles. The third-order valence-corrected chi connectivity index (χ3v) is 4.80. The average molecular weight is 274 g/mol. The minimum atomic E-state index is 0.242. The molecule has 0 bridgehead atoms. The number of hydrogen-bond donors (Lipinski definition) is 1. The molecule has 0 radical (unpaired) electrons. The fourth-order valence-corrected chi connectivity index (χ4v) is 3.84. The highest BCUT2D eigenvalue weighted by Gasteiger charge is 2.37.